The van der Waals surface area contributed by atoms with E-state index in [4.69, 9.17) is 0 Å². The Bertz CT molecular complexity index is 669. The summed E-state index contributed by atoms with van der Waals surface area (Å²) in [7, 11) is 0. The molecule has 0 fully saturated rings. The average molecular weight is 277 g/mol. The van der Waals surface area contributed by atoms with Crippen LogP contribution in [0, 0.1) is 13.8 Å². The zero-order chi connectivity index (χ0) is 15.1. The molecule has 0 unspecified atom stereocenters. The van der Waals surface area contributed by atoms with Crippen LogP contribution in [0.2, 0.25) is 0 Å². The zero-order valence-electron chi connectivity index (χ0n) is 12.3. The summed E-state index contributed by atoms with van der Waals surface area (Å²) >= 11 is 0. The smallest absolute Gasteiger partial charge is 0.248 e. The van der Waals surface area contributed by atoms with Crippen molar-refractivity contribution in [3.63, 3.8) is 0 Å². The molecule has 2 aromatic carbocycles. The van der Waals surface area contributed by atoms with Gasteiger partial charge in [-0.05, 0) is 36.6 Å². The lowest BCUT2D eigenvalue weighted by Crippen LogP contribution is -2.09. The molecule has 0 spiro atoms. The quantitative estimate of drug-likeness (QED) is 0.646. The molecule has 2 rings (SSSR count). The normalized spacial score (nSPS) is 11.1. The molecule has 106 valence electrons. The SMILES string of the molecule is Cc1cccc(NC(=O)/C=C/C=C/c2ccccc2)c1C. The predicted molar refractivity (Wildman–Crippen MR) is 89.2 cm³/mol. The van der Waals surface area contributed by atoms with Gasteiger partial charge in [0, 0.05) is 11.8 Å². The van der Waals surface area contributed by atoms with Crippen LogP contribution in [0.5, 0.6) is 0 Å². The average Bonchev–Trinajstić information content (AvgIpc) is 2.49. The molecule has 2 nitrogen and oxygen atoms in total. The fourth-order valence-electron chi connectivity index (χ4n) is 1.93. The fourth-order valence-corrected chi connectivity index (χ4v) is 1.93. The molecule has 0 saturated carbocycles. The molecule has 0 aliphatic heterocycles. The Labute approximate surface area is 125 Å². The van der Waals surface area contributed by atoms with E-state index in [-0.39, 0.29) is 5.91 Å². The molecule has 0 bridgehead atoms. The van der Waals surface area contributed by atoms with Gasteiger partial charge in [0.15, 0.2) is 0 Å². The number of nitrogens with one attached hydrogen (secondary N) is 1. The first-order valence-electron chi connectivity index (χ1n) is 6.94. The van der Waals surface area contributed by atoms with Gasteiger partial charge in [-0.25, -0.2) is 0 Å². The van der Waals surface area contributed by atoms with Crippen molar-refractivity contribution in [2.75, 3.05) is 5.32 Å². The second-order valence-corrected chi connectivity index (χ2v) is 4.87. The lowest BCUT2D eigenvalue weighted by molar-refractivity contribution is -0.111. The summed E-state index contributed by atoms with van der Waals surface area (Å²) in [6.07, 6.45) is 7.09. The maximum Gasteiger partial charge on any atom is 0.248 e. The summed E-state index contributed by atoms with van der Waals surface area (Å²) in [5.41, 5.74) is 4.23. The molecule has 0 atom stereocenters. The first-order chi connectivity index (χ1) is 10.2. The Morgan fingerprint density at radius 1 is 0.952 bits per heavy atom. The Hall–Kier alpha value is -2.61. The molecule has 2 aromatic rings. The standard InChI is InChI=1S/C19H19NO/c1-15-9-8-13-18(16(15)2)20-19(21)14-7-6-12-17-10-4-3-5-11-17/h3-14H,1-2H3,(H,20,21)/b12-6+,14-7+. The Morgan fingerprint density at radius 3 is 2.48 bits per heavy atom. The summed E-state index contributed by atoms with van der Waals surface area (Å²) in [4.78, 5) is 11.9. The number of allylic oxidation sites excluding steroid dienone is 2. The lowest BCUT2D eigenvalue weighted by Gasteiger charge is -2.08. The van der Waals surface area contributed by atoms with Crippen LogP contribution < -0.4 is 5.32 Å². The molecule has 21 heavy (non-hydrogen) atoms. The second-order valence-electron chi connectivity index (χ2n) is 4.87. The van der Waals surface area contributed by atoms with Gasteiger partial charge in [-0.3, -0.25) is 4.79 Å². The van der Waals surface area contributed by atoms with Crippen LogP contribution in [0.4, 0.5) is 5.69 Å². The van der Waals surface area contributed by atoms with Gasteiger partial charge in [0.05, 0.1) is 0 Å². The maximum absolute atomic E-state index is 11.9. The van der Waals surface area contributed by atoms with Crippen molar-refractivity contribution in [1.29, 1.82) is 0 Å². The highest BCUT2D eigenvalue weighted by Crippen LogP contribution is 2.17. The molecule has 0 heterocycles. The largest absolute Gasteiger partial charge is 0.322 e. The minimum atomic E-state index is -0.124. The predicted octanol–water partition coefficient (Wildman–Crippen LogP) is 4.51. The number of rotatable bonds is 4. The van der Waals surface area contributed by atoms with Gasteiger partial charge in [0.1, 0.15) is 0 Å². The number of anilines is 1. The summed E-state index contributed by atoms with van der Waals surface area (Å²) in [5.74, 6) is -0.124. The van der Waals surface area contributed by atoms with Crippen molar-refractivity contribution in [3.8, 4) is 0 Å². The summed E-state index contributed by atoms with van der Waals surface area (Å²) in [6.45, 7) is 4.04. The maximum atomic E-state index is 11.9. The van der Waals surface area contributed by atoms with Crippen LogP contribution in [0.25, 0.3) is 6.08 Å². The van der Waals surface area contributed by atoms with Crippen molar-refractivity contribution in [2.45, 2.75) is 13.8 Å². The number of aryl methyl sites for hydroxylation is 1. The number of carbonyl (C=O) groups is 1. The number of hydrogen-bond donors (Lipinski definition) is 1. The van der Waals surface area contributed by atoms with Gasteiger partial charge in [-0.1, -0.05) is 60.7 Å². The Morgan fingerprint density at radius 2 is 1.71 bits per heavy atom. The monoisotopic (exact) mass is 277 g/mol. The molecular formula is C19H19NO. The number of benzene rings is 2. The van der Waals surface area contributed by atoms with E-state index in [2.05, 4.69) is 5.32 Å². The highest BCUT2D eigenvalue weighted by atomic mass is 16.1. The Kier molecular flexibility index (Phi) is 5.10. The number of hydrogen-bond acceptors (Lipinski definition) is 1. The minimum Gasteiger partial charge on any atom is -0.322 e. The van der Waals surface area contributed by atoms with E-state index in [1.165, 1.54) is 11.6 Å². The van der Waals surface area contributed by atoms with Gasteiger partial charge >= 0.3 is 0 Å². The van der Waals surface area contributed by atoms with Crippen molar-refractivity contribution >= 4 is 17.7 Å². The Balaban J connectivity index is 1.94. The minimum absolute atomic E-state index is 0.124. The summed E-state index contributed by atoms with van der Waals surface area (Å²) in [6, 6.07) is 15.9. The van der Waals surface area contributed by atoms with Crippen molar-refractivity contribution in [2.24, 2.45) is 0 Å². The molecule has 1 N–H and O–H groups in total. The highest BCUT2D eigenvalue weighted by molar-refractivity contribution is 6.00. The van der Waals surface area contributed by atoms with E-state index in [1.54, 1.807) is 6.08 Å². The van der Waals surface area contributed by atoms with Crippen LogP contribution in [0.3, 0.4) is 0 Å². The fraction of sp³-hybridized carbons (Fsp3) is 0.105. The topological polar surface area (TPSA) is 29.1 Å². The van der Waals surface area contributed by atoms with E-state index in [0.29, 0.717) is 0 Å². The van der Waals surface area contributed by atoms with Crippen LogP contribution >= 0.6 is 0 Å². The molecule has 1 amide bonds. The van der Waals surface area contributed by atoms with Crippen molar-refractivity contribution in [3.05, 3.63) is 83.4 Å². The van der Waals surface area contributed by atoms with E-state index >= 15 is 0 Å². The summed E-state index contributed by atoms with van der Waals surface area (Å²) < 4.78 is 0. The molecule has 2 heteroatoms. The van der Waals surface area contributed by atoms with Gasteiger partial charge < -0.3 is 5.32 Å². The van der Waals surface area contributed by atoms with Gasteiger partial charge in [0.25, 0.3) is 0 Å². The van der Waals surface area contributed by atoms with E-state index in [0.717, 1.165) is 16.8 Å². The van der Waals surface area contributed by atoms with Gasteiger partial charge in [-0.15, -0.1) is 0 Å². The molecule has 0 aliphatic rings. The third-order valence-corrected chi connectivity index (χ3v) is 3.31. The third kappa shape index (κ3) is 4.46. The van der Waals surface area contributed by atoms with E-state index in [1.807, 2.05) is 74.5 Å². The zero-order valence-corrected chi connectivity index (χ0v) is 12.3. The van der Waals surface area contributed by atoms with Crippen LogP contribution in [0.1, 0.15) is 16.7 Å². The van der Waals surface area contributed by atoms with Crippen LogP contribution in [0.15, 0.2) is 66.8 Å². The van der Waals surface area contributed by atoms with Gasteiger partial charge in [0.2, 0.25) is 5.91 Å². The molecule has 0 aromatic heterocycles. The number of carbonyl (C=O) groups excluding carboxylic acids is 1. The summed E-state index contributed by atoms with van der Waals surface area (Å²) in [5, 5.41) is 2.89. The van der Waals surface area contributed by atoms with E-state index in [9.17, 15) is 4.79 Å². The van der Waals surface area contributed by atoms with Crippen molar-refractivity contribution < 1.29 is 4.79 Å². The lowest BCUT2D eigenvalue weighted by atomic mass is 10.1. The molecular weight excluding hydrogens is 258 g/mol. The second kappa shape index (κ2) is 7.25. The first-order valence-corrected chi connectivity index (χ1v) is 6.94. The van der Waals surface area contributed by atoms with Gasteiger partial charge in [-0.2, -0.15) is 0 Å². The molecule has 0 aliphatic carbocycles. The highest BCUT2D eigenvalue weighted by Gasteiger charge is 2.02. The first kappa shape index (κ1) is 14.8. The third-order valence-electron chi connectivity index (χ3n) is 3.31. The van der Waals surface area contributed by atoms with Crippen molar-refractivity contribution in [1.82, 2.24) is 0 Å². The molecule has 0 saturated heterocycles. The van der Waals surface area contributed by atoms with E-state index < -0.39 is 0 Å². The molecule has 0 radical (unpaired) electrons. The number of amides is 1. The van der Waals surface area contributed by atoms with Crippen LogP contribution in [-0.4, -0.2) is 5.91 Å². The van der Waals surface area contributed by atoms with Crippen LogP contribution in [-0.2, 0) is 4.79 Å².